The van der Waals surface area contributed by atoms with Crippen LogP contribution in [0.15, 0.2) is 0 Å². The van der Waals surface area contributed by atoms with E-state index in [0.717, 1.165) is 26.4 Å². The third-order valence-corrected chi connectivity index (χ3v) is 6.20. The van der Waals surface area contributed by atoms with Crippen molar-refractivity contribution >= 4 is 12.6 Å². The largest absolute Gasteiger partial charge is 0.380 e. The van der Waals surface area contributed by atoms with Crippen molar-refractivity contribution in [3.05, 3.63) is 0 Å². The van der Waals surface area contributed by atoms with Crippen LogP contribution in [0.3, 0.4) is 0 Å². The van der Waals surface area contributed by atoms with Crippen LogP contribution in [-0.4, -0.2) is 31.7 Å². The van der Waals surface area contributed by atoms with E-state index < -0.39 is 0 Å². The van der Waals surface area contributed by atoms with Crippen LogP contribution in [0.4, 0.5) is 0 Å². The zero-order valence-corrected chi connectivity index (χ0v) is 21.7. The standard InChI is InChI=1S/C27H56O2S/c1-3-5-7-9-11-13-15-17-19-21-23-28-25-27(30)26-29-24-22-20-18-16-14-12-10-8-6-4-2/h27,30H,3-26H2,1-2H3. The fourth-order valence-electron chi connectivity index (χ4n) is 3.87. The van der Waals surface area contributed by atoms with E-state index >= 15 is 0 Å². The van der Waals surface area contributed by atoms with Gasteiger partial charge in [-0.3, -0.25) is 0 Å². The van der Waals surface area contributed by atoms with E-state index in [0.29, 0.717) is 0 Å². The number of unbranched alkanes of at least 4 members (excludes halogenated alkanes) is 18. The molecule has 3 heteroatoms. The van der Waals surface area contributed by atoms with Crippen LogP contribution in [-0.2, 0) is 9.47 Å². The molecular formula is C27H56O2S. The Hall–Kier alpha value is 0.270. The summed E-state index contributed by atoms with van der Waals surface area (Å²) in [5.74, 6) is 0. The fourth-order valence-corrected chi connectivity index (χ4v) is 4.08. The van der Waals surface area contributed by atoms with E-state index in [-0.39, 0.29) is 5.25 Å². The quantitative estimate of drug-likeness (QED) is 0.106. The molecular weight excluding hydrogens is 388 g/mol. The summed E-state index contributed by atoms with van der Waals surface area (Å²) < 4.78 is 11.5. The summed E-state index contributed by atoms with van der Waals surface area (Å²) in [7, 11) is 0. The second kappa shape index (κ2) is 27.3. The molecule has 0 bridgehead atoms. The lowest BCUT2D eigenvalue weighted by Gasteiger charge is -2.12. The van der Waals surface area contributed by atoms with E-state index in [1.807, 2.05) is 0 Å². The lowest BCUT2D eigenvalue weighted by atomic mass is 10.1. The van der Waals surface area contributed by atoms with Crippen LogP contribution < -0.4 is 0 Å². The lowest BCUT2D eigenvalue weighted by Crippen LogP contribution is -2.17. The van der Waals surface area contributed by atoms with Gasteiger partial charge in [-0.25, -0.2) is 0 Å². The highest BCUT2D eigenvalue weighted by Crippen LogP contribution is 2.12. The number of hydrogen-bond donors (Lipinski definition) is 1. The summed E-state index contributed by atoms with van der Waals surface area (Å²) in [5, 5.41) is 0.219. The summed E-state index contributed by atoms with van der Waals surface area (Å²) in [6, 6.07) is 0. The van der Waals surface area contributed by atoms with Crippen LogP contribution in [0.2, 0.25) is 0 Å². The Labute approximate surface area is 196 Å². The van der Waals surface area contributed by atoms with Gasteiger partial charge in [0.25, 0.3) is 0 Å². The Bertz CT molecular complexity index is 271. The average Bonchev–Trinajstić information content (AvgIpc) is 2.75. The molecule has 0 aliphatic heterocycles. The minimum Gasteiger partial charge on any atom is -0.380 e. The van der Waals surface area contributed by atoms with Crippen LogP contribution in [0.1, 0.15) is 142 Å². The molecule has 0 amide bonds. The van der Waals surface area contributed by atoms with Gasteiger partial charge < -0.3 is 9.47 Å². The predicted molar refractivity (Wildman–Crippen MR) is 138 cm³/mol. The van der Waals surface area contributed by atoms with E-state index in [4.69, 9.17) is 9.47 Å². The predicted octanol–water partition coefficient (Wildman–Crippen LogP) is 9.16. The van der Waals surface area contributed by atoms with Crippen LogP contribution in [0.25, 0.3) is 0 Å². The van der Waals surface area contributed by atoms with Crippen molar-refractivity contribution in [2.75, 3.05) is 26.4 Å². The van der Waals surface area contributed by atoms with Crippen LogP contribution in [0.5, 0.6) is 0 Å². The SMILES string of the molecule is CCCCCCCCCCCCOCC(S)COCCCCCCCCCCCC. The molecule has 0 radical (unpaired) electrons. The maximum absolute atomic E-state index is 5.77. The molecule has 30 heavy (non-hydrogen) atoms. The number of thiol groups is 1. The van der Waals surface area contributed by atoms with E-state index in [1.54, 1.807) is 0 Å². The molecule has 0 atom stereocenters. The highest BCUT2D eigenvalue weighted by molar-refractivity contribution is 7.81. The minimum absolute atomic E-state index is 0.219. The first-order chi connectivity index (χ1) is 14.8. The molecule has 0 aliphatic rings. The average molecular weight is 445 g/mol. The third kappa shape index (κ3) is 26.3. The van der Waals surface area contributed by atoms with Crippen molar-refractivity contribution in [2.45, 2.75) is 148 Å². The van der Waals surface area contributed by atoms with Crippen molar-refractivity contribution in [1.29, 1.82) is 0 Å². The second-order valence-corrected chi connectivity index (χ2v) is 9.90. The molecule has 0 heterocycles. The van der Waals surface area contributed by atoms with Gasteiger partial charge in [0.1, 0.15) is 0 Å². The molecule has 0 spiro atoms. The van der Waals surface area contributed by atoms with Gasteiger partial charge >= 0.3 is 0 Å². The molecule has 0 fully saturated rings. The Morgan fingerprint density at radius 2 is 0.700 bits per heavy atom. The third-order valence-electron chi connectivity index (χ3n) is 5.90. The molecule has 0 aromatic rings. The summed E-state index contributed by atoms with van der Waals surface area (Å²) in [6.07, 6.45) is 27.4. The maximum Gasteiger partial charge on any atom is 0.0604 e. The van der Waals surface area contributed by atoms with E-state index in [1.165, 1.54) is 128 Å². The second-order valence-electron chi connectivity index (χ2n) is 9.17. The van der Waals surface area contributed by atoms with Gasteiger partial charge in [-0.2, -0.15) is 12.6 Å². The van der Waals surface area contributed by atoms with E-state index in [9.17, 15) is 0 Å². The van der Waals surface area contributed by atoms with Crippen molar-refractivity contribution in [3.63, 3.8) is 0 Å². The van der Waals surface area contributed by atoms with Gasteiger partial charge in [0.15, 0.2) is 0 Å². The van der Waals surface area contributed by atoms with Gasteiger partial charge in [-0.15, -0.1) is 0 Å². The van der Waals surface area contributed by atoms with Crippen molar-refractivity contribution in [1.82, 2.24) is 0 Å². The molecule has 0 saturated heterocycles. The number of ether oxygens (including phenoxy) is 2. The zero-order valence-electron chi connectivity index (χ0n) is 20.8. The zero-order chi connectivity index (χ0) is 22.0. The number of hydrogen-bond acceptors (Lipinski definition) is 3. The number of rotatable bonds is 26. The molecule has 0 saturated carbocycles. The van der Waals surface area contributed by atoms with Gasteiger partial charge in [0, 0.05) is 18.5 Å². The Balaban J connectivity index is 3.13. The van der Waals surface area contributed by atoms with Crippen LogP contribution >= 0.6 is 12.6 Å². The Kier molecular flexibility index (Phi) is 27.5. The van der Waals surface area contributed by atoms with Gasteiger partial charge in [-0.05, 0) is 12.8 Å². The molecule has 0 aliphatic carbocycles. The fraction of sp³-hybridized carbons (Fsp3) is 1.00. The summed E-state index contributed by atoms with van der Waals surface area (Å²) in [6.45, 7) is 7.77. The molecule has 2 nitrogen and oxygen atoms in total. The van der Waals surface area contributed by atoms with Crippen LogP contribution in [0, 0.1) is 0 Å². The molecule has 182 valence electrons. The van der Waals surface area contributed by atoms with Crippen molar-refractivity contribution in [3.8, 4) is 0 Å². The van der Waals surface area contributed by atoms with Crippen molar-refractivity contribution in [2.24, 2.45) is 0 Å². The monoisotopic (exact) mass is 444 g/mol. The molecule has 0 N–H and O–H groups in total. The highest BCUT2D eigenvalue weighted by atomic mass is 32.1. The minimum atomic E-state index is 0.219. The smallest absolute Gasteiger partial charge is 0.0604 e. The maximum atomic E-state index is 5.77. The highest BCUT2D eigenvalue weighted by Gasteiger charge is 2.03. The first-order valence-corrected chi connectivity index (χ1v) is 14.2. The van der Waals surface area contributed by atoms with Gasteiger partial charge in [-0.1, -0.05) is 129 Å². The lowest BCUT2D eigenvalue weighted by molar-refractivity contribution is 0.0847. The topological polar surface area (TPSA) is 18.5 Å². The summed E-state index contributed by atoms with van der Waals surface area (Å²) in [5.41, 5.74) is 0. The molecule has 0 rings (SSSR count). The summed E-state index contributed by atoms with van der Waals surface area (Å²) >= 11 is 4.59. The molecule has 0 unspecified atom stereocenters. The summed E-state index contributed by atoms with van der Waals surface area (Å²) in [4.78, 5) is 0. The van der Waals surface area contributed by atoms with Gasteiger partial charge in [0.05, 0.1) is 13.2 Å². The molecule has 0 aromatic carbocycles. The van der Waals surface area contributed by atoms with E-state index in [2.05, 4.69) is 26.5 Å². The first kappa shape index (κ1) is 30.3. The Morgan fingerprint density at radius 3 is 1.00 bits per heavy atom. The molecule has 0 aromatic heterocycles. The normalized spacial score (nSPS) is 11.6. The first-order valence-electron chi connectivity index (χ1n) is 13.6. The van der Waals surface area contributed by atoms with Gasteiger partial charge in [0.2, 0.25) is 0 Å². The Morgan fingerprint density at radius 1 is 0.433 bits per heavy atom. The van der Waals surface area contributed by atoms with Crippen molar-refractivity contribution < 1.29 is 9.47 Å².